The number of esters is 1. The van der Waals surface area contributed by atoms with Crippen LogP contribution in [0.2, 0.25) is 0 Å². The molecule has 0 spiro atoms. The first kappa shape index (κ1) is 27.6. The average Bonchev–Trinajstić information content (AvgIpc) is 2.87. The normalized spacial score (nSPS) is 11.7. The van der Waals surface area contributed by atoms with Crippen molar-refractivity contribution in [1.82, 2.24) is 4.90 Å². The van der Waals surface area contributed by atoms with Crippen molar-refractivity contribution in [3.05, 3.63) is 67.8 Å². The highest BCUT2D eigenvalue weighted by Gasteiger charge is 2.25. The Bertz CT molecular complexity index is 916. The lowest BCUT2D eigenvalue weighted by Gasteiger charge is -2.27. The first-order valence-electron chi connectivity index (χ1n) is 11.4. The summed E-state index contributed by atoms with van der Waals surface area (Å²) in [7, 11) is 1.36. The zero-order valence-corrected chi connectivity index (χ0v) is 20.8. The van der Waals surface area contributed by atoms with E-state index in [-0.39, 0.29) is 24.2 Å². The number of methoxy groups -OCH3 is 1. The third-order valence-corrected chi connectivity index (χ3v) is 6.40. The highest BCUT2D eigenvalue weighted by atomic mass is 32.2. The third kappa shape index (κ3) is 9.71. The molecule has 6 nitrogen and oxygen atoms in total. The number of ether oxygens (including phenoxy) is 3. The minimum Gasteiger partial charge on any atom is -0.469 e. The van der Waals surface area contributed by atoms with Gasteiger partial charge in [-0.1, -0.05) is 42.5 Å². The van der Waals surface area contributed by atoms with Gasteiger partial charge < -0.3 is 19.1 Å². The average molecular weight is 486 g/mol. The number of nitrogens with zero attached hydrogens (tertiary/aromatic N) is 1. The summed E-state index contributed by atoms with van der Waals surface area (Å²) in [6, 6.07) is 14.5. The van der Waals surface area contributed by atoms with Crippen molar-refractivity contribution in [2.75, 3.05) is 52.4 Å². The first-order chi connectivity index (χ1) is 16.6. The Kier molecular flexibility index (Phi) is 13.1. The molecule has 7 heteroatoms. The van der Waals surface area contributed by atoms with Crippen LogP contribution in [0.1, 0.15) is 12.8 Å². The quantitative estimate of drug-likeness (QED) is 0.140. The lowest BCUT2D eigenvalue weighted by atomic mass is 10.0. The number of thioether (sulfide) groups is 1. The van der Waals surface area contributed by atoms with E-state index in [9.17, 15) is 9.59 Å². The van der Waals surface area contributed by atoms with Crippen LogP contribution in [0, 0.1) is 5.92 Å². The van der Waals surface area contributed by atoms with Crippen molar-refractivity contribution < 1.29 is 23.8 Å². The standard InChI is InChI=1S/C27H35NO5S/c1-4-16-32-18-14-28(15-19-33-17-5-2)27(30)24(11-13-26(29)31-3)21-34-25-12-10-22-8-6-7-9-23(22)20-25/h4-10,12,20,24H,1-2,11,13-19,21H2,3H3. The summed E-state index contributed by atoms with van der Waals surface area (Å²) in [6.45, 7) is 9.85. The molecule has 0 saturated heterocycles. The van der Waals surface area contributed by atoms with Crippen LogP contribution < -0.4 is 0 Å². The molecule has 2 aromatic rings. The molecule has 2 aromatic carbocycles. The highest BCUT2D eigenvalue weighted by molar-refractivity contribution is 7.99. The van der Waals surface area contributed by atoms with E-state index in [0.717, 1.165) is 10.3 Å². The molecule has 184 valence electrons. The maximum absolute atomic E-state index is 13.5. The Morgan fingerprint density at radius 2 is 1.65 bits per heavy atom. The molecule has 0 bridgehead atoms. The van der Waals surface area contributed by atoms with Crippen molar-refractivity contribution in [3.63, 3.8) is 0 Å². The summed E-state index contributed by atoms with van der Waals surface area (Å²) in [4.78, 5) is 28.2. The van der Waals surface area contributed by atoms with Crippen LogP contribution in [-0.4, -0.2) is 69.2 Å². The second-order valence-electron chi connectivity index (χ2n) is 7.68. The van der Waals surface area contributed by atoms with Gasteiger partial charge in [-0.3, -0.25) is 9.59 Å². The minimum absolute atomic E-state index is 0.0124. The number of fused-ring (bicyclic) bond motifs is 1. The van der Waals surface area contributed by atoms with Crippen LogP contribution in [0.15, 0.2) is 72.7 Å². The van der Waals surface area contributed by atoms with Crippen LogP contribution >= 0.6 is 11.8 Å². The van der Waals surface area contributed by atoms with Crippen LogP contribution in [0.3, 0.4) is 0 Å². The van der Waals surface area contributed by atoms with Crippen LogP contribution in [0.5, 0.6) is 0 Å². The molecule has 0 aliphatic heterocycles. The van der Waals surface area contributed by atoms with Crippen molar-refractivity contribution in [2.24, 2.45) is 5.92 Å². The Balaban J connectivity index is 2.10. The summed E-state index contributed by atoms with van der Waals surface area (Å²) in [5, 5.41) is 2.33. The molecule has 0 radical (unpaired) electrons. The van der Waals surface area contributed by atoms with Crippen molar-refractivity contribution >= 4 is 34.4 Å². The molecule has 0 fully saturated rings. The molecule has 2 rings (SSSR count). The number of benzene rings is 2. The van der Waals surface area contributed by atoms with Crippen LogP contribution in [-0.2, 0) is 23.8 Å². The molecule has 1 unspecified atom stereocenters. The number of carbonyl (C=O) groups is 2. The number of hydrogen-bond acceptors (Lipinski definition) is 6. The number of hydrogen-bond donors (Lipinski definition) is 0. The Hall–Kier alpha value is -2.61. The molecule has 34 heavy (non-hydrogen) atoms. The minimum atomic E-state index is -0.339. The van der Waals surface area contributed by atoms with Gasteiger partial charge in [0.05, 0.1) is 33.5 Å². The highest BCUT2D eigenvalue weighted by Crippen LogP contribution is 2.27. The number of amides is 1. The fraction of sp³-hybridized carbons (Fsp3) is 0.407. The van der Waals surface area contributed by atoms with E-state index in [4.69, 9.17) is 14.2 Å². The molecule has 1 amide bonds. The van der Waals surface area contributed by atoms with Gasteiger partial charge in [-0.05, 0) is 29.3 Å². The maximum atomic E-state index is 13.5. The summed E-state index contributed by atoms with van der Waals surface area (Å²) >= 11 is 1.62. The topological polar surface area (TPSA) is 65.1 Å². The maximum Gasteiger partial charge on any atom is 0.305 e. The predicted molar refractivity (Wildman–Crippen MR) is 138 cm³/mol. The molecule has 0 heterocycles. The summed E-state index contributed by atoms with van der Waals surface area (Å²) in [5.41, 5.74) is 0. The monoisotopic (exact) mass is 485 g/mol. The van der Waals surface area contributed by atoms with Gasteiger partial charge in [0.15, 0.2) is 0 Å². The largest absolute Gasteiger partial charge is 0.469 e. The van der Waals surface area contributed by atoms with Crippen molar-refractivity contribution in [2.45, 2.75) is 17.7 Å². The Morgan fingerprint density at radius 1 is 1.00 bits per heavy atom. The fourth-order valence-electron chi connectivity index (χ4n) is 3.40. The van der Waals surface area contributed by atoms with E-state index < -0.39 is 0 Å². The lowest BCUT2D eigenvalue weighted by molar-refractivity contribution is -0.141. The third-order valence-electron chi connectivity index (χ3n) is 5.24. The van der Waals surface area contributed by atoms with Crippen molar-refractivity contribution in [1.29, 1.82) is 0 Å². The molecule has 0 aliphatic rings. The molecule has 1 atom stereocenters. The smallest absolute Gasteiger partial charge is 0.305 e. The molecule has 0 aliphatic carbocycles. The van der Waals surface area contributed by atoms with Crippen LogP contribution in [0.25, 0.3) is 10.8 Å². The fourth-order valence-corrected chi connectivity index (χ4v) is 4.48. The zero-order chi connectivity index (χ0) is 24.6. The molecular formula is C27H35NO5S. The Morgan fingerprint density at radius 3 is 2.26 bits per heavy atom. The van der Waals surface area contributed by atoms with Gasteiger partial charge in [0.1, 0.15) is 0 Å². The first-order valence-corrected chi connectivity index (χ1v) is 12.4. The van der Waals surface area contributed by atoms with Gasteiger partial charge in [0, 0.05) is 36.1 Å². The molecule has 0 aromatic heterocycles. The summed E-state index contributed by atoms with van der Waals surface area (Å²) in [6.07, 6.45) is 3.97. The van der Waals surface area contributed by atoms with Crippen molar-refractivity contribution in [3.8, 4) is 0 Å². The lowest BCUT2D eigenvalue weighted by Crippen LogP contribution is -2.41. The summed E-state index contributed by atoms with van der Waals surface area (Å²) in [5.74, 6) is -0.106. The van der Waals surface area contributed by atoms with E-state index >= 15 is 0 Å². The number of rotatable bonds is 17. The second-order valence-corrected chi connectivity index (χ2v) is 8.78. The molecular weight excluding hydrogens is 450 g/mol. The van der Waals surface area contributed by atoms with Gasteiger partial charge in [-0.25, -0.2) is 0 Å². The van der Waals surface area contributed by atoms with E-state index in [1.54, 1.807) is 28.8 Å². The van der Waals surface area contributed by atoms with Gasteiger partial charge in [-0.15, -0.1) is 24.9 Å². The summed E-state index contributed by atoms with van der Waals surface area (Å²) < 4.78 is 15.8. The van der Waals surface area contributed by atoms with E-state index in [1.165, 1.54) is 12.5 Å². The van der Waals surface area contributed by atoms with Gasteiger partial charge in [-0.2, -0.15) is 0 Å². The molecule has 0 N–H and O–H groups in total. The van der Waals surface area contributed by atoms with Gasteiger partial charge in [0.25, 0.3) is 0 Å². The van der Waals surface area contributed by atoms with Gasteiger partial charge in [0.2, 0.25) is 5.91 Å². The molecule has 0 saturated carbocycles. The zero-order valence-electron chi connectivity index (χ0n) is 19.9. The van der Waals surface area contributed by atoms with E-state index in [2.05, 4.69) is 43.5 Å². The van der Waals surface area contributed by atoms with E-state index in [1.807, 2.05) is 12.1 Å². The van der Waals surface area contributed by atoms with E-state index in [0.29, 0.717) is 51.7 Å². The SMILES string of the molecule is C=CCOCCN(CCOCC=C)C(=O)C(CCC(=O)OC)CSc1ccc2ccccc2c1. The van der Waals surface area contributed by atoms with Crippen LogP contribution in [0.4, 0.5) is 0 Å². The second kappa shape index (κ2) is 16.1. The van der Waals surface area contributed by atoms with Gasteiger partial charge >= 0.3 is 5.97 Å². The predicted octanol–water partition coefficient (Wildman–Crippen LogP) is 4.74. The Labute approximate surface area is 206 Å². The number of carbonyl (C=O) groups excluding carboxylic acids is 2.